The van der Waals surface area contributed by atoms with Crippen LogP contribution in [0.4, 0.5) is 11.4 Å². The van der Waals surface area contributed by atoms with Gasteiger partial charge in [-0.1, -0.05) is 59.1 Å². The largest absolute Gasteiger partial charge is 0.378 e. The molecule has 5 rings (SSSR count). The summed E-state index contributed by atoms with van der Waals surface area (Å²) >= 11 is 12.6. The molecule has 1 heterocycles. The van der Waals surface area contributed by atoms with E-state index in [1.54, 1.807) is 24.3 Å². The second-order valence-electron chi connectivity index (χ2n) is 8.81. The zero-order valence-corrected chi connectivity index (χ0v) is 20.6. The third-order valence-corrected chi connectivity index (χ3v) is 8.49. The Morgan fingerprint density at radius 3 is 2.55 bits per heavy atom. The quantitative estimate of drug-likeness (QED) is 0.372. The van der Waals surface area contributed by atoms with Crippen molar-refractivity contribution in [3.8, 4) is 0 Å². The van der Waals surface area contributed by atoms with Crippen molar-refractivity contribution < 1.29 is 8.42 Å². The van der Waals surface area contributed by atoms with Crippen LogP contribution in [0.3, 0.4) is 0 Å². The van der Waals surface area contributed by atoms with E-state index < -0.39 is 10.0 Å². The Labute approximate surface area is 204 Å². The predicted octanol–water partition coefficient (Wildman–Crippen LogP) is 7.24. The number of nitrogens with one attached hydrogen (secondary N) is 2. The first-order valence-corrected chi connectivity index (χ1v) is 13.1. The first kappa shape index (κ1) is 22.3. The Kier molecular flexibility index (Phi) is 5.68. The van der Waals surface area contributed by atoms with Crippen molar-refractivity contribution in [2.45, 2.75) is 37.1 Å². The van der Waals surface area contributed by atoms with E-state index in [2.05, 4.69) is 22.2 Å². The summed E-state index contributed by atoms with van der Waals surface area (Å²) in [5.41, 5.74) is 5.47. The SMILES string of the molecule is Cc1ccc(NS(=O)(=O)c2ccc3c(c2)[C@H]2C=CC[C@H]2[C@@H](c2ccc(Cl)cc2Cl)N3)c(C)c1. The molecule has 7 heteroatoms. The molecular weight excluding hydrogens is 475 g/mol. The van der Waals surface area contributed by atoms with E-state index in [9.17, 15) is 8.42 Å². The van der Waals surface area contributed by atoms with Gasteiger partial charge < -0.3 is 5.32 Å². The molecule has 3 atom stereocenters. The minimum Gasteiger partial charge on any atom is -0.378 e. The Morgan fingerprint density at radius 1 is 0.970 bits per heavy atom. The second-order valence-corrected chi connectivity index (χ2v) is 11.3. The van der Waals surface area contributed by atoms with Gasteiger partial charge in [-0.05, 0) is 79.3 Å². The second kappa shape index (κ2) is 8.39. The Bertz CT molecular complexity index is 1390. The fourth-order valence-electron chi connectivity index (χ4n) is 4.93. The van der Waals surface area contributed by atoms with Gasteiger partial charge >= 0.3 is 0 Å². The Morgan fingerprint density at radius 2 is 1.79 bits per heavy atom. The van der Waals surface area contributed by atoms with Crippen LogP contribution in [0, 0.1) is 19.8 Å². The van der Waals surface area contributed by atoms with Crippen LogP contribution in [0.1, 0.15) is 40.6 Å². The fraction of sp³-hybridized carbons (Fsp3) is 0.231. The maximum absolute atomic E-state index is 13.2. The normalized spacial score (nSPS) is 21.3. The maximum Gasteiger partial charge on any atom is 0.261 e. The van der Waals surface area contributed by atoms with Crippen molar-refractivity contribution >= 4 is 44.6 Å². The summed E-state index contributed by atoms with van der Waals surface area (Å²) in [7, 11) is -3.73. The lowest BCUT2D eigenvalue weighted by molar-refractivity contribution is 0.425. The van der Waals surface area contributed by atoms with E-state index in [1.807, 2.05) is 44.2 Å². The van der Waals surface area contributed by atoms with Crippen LogP contribution in [0.25, 0.3) is 0 Å². The van der Waals surface area contributed by atoms with Crippen molar-refractivity contribution in [3.05, 3.63) is 99.0 Å². The van der Waals surface area contributed by atoms with Gasteiger partial charge in [0.15, 0.2) is 0 Å². The van der Waals surface area contributed by atoms with Crippen molar-refractivity contribution in [1.82, 2.24) is 0 Å². The number of allylic oxidation sites excluding steroid dienone is 2. The summed E-state index contributed by atoms with van der Waals surface area (Å²) < 4.78 is 29.1. The molecular formula is C26H24Cl2N2O2S. The number of hydrogen-bond acceptors (Lipinski definition) is 3. The Hall–Kier alpha value is -2.47. The third kappa shape index (κ3) is 4.14. The lowest BCUT2D eigenvalue weighted by Gasteiger charge is -2.38. The summed E-state index contributed by atoms with van der Waals surface area (Å²) in [6.07, 6.45) is 5.23. The number of rotatable bonds is 4. The standard InChI is InChI=1S/C26H24Cl2N2O2S/c1-15-6-10-24(16(2)12-15)30-33(31,32)18-8-11-25-22(14-18)19-4-3-5-20(19)26(29-25)21-9-7-17(27)13-23(21)28/h3-4,6-14,19-20,26,29-30H,5H2,1-2H3/t19-,20+,26-/m0/s1. The molecule has 0 fully saturated rings. The average molecular weight is 499 g/mol. The number of benzene rings is 3. The number of hydrogen-bond donors (Lipinski definition) is 2. The predicted molar refractivity (Wildman–Crippen MR) is 136 cm³/mol. The zero-order chi connectivity index (χ0) is 23.3. The molecule has 0 radical (unpaired) electrons. The maximum atomic E-state index is 13.2. The molecule has 3 aromatic rings. The zero-order valence-electron chi connectivity index (χ0n) is 18.3. The molecule has 1 aliphatic heterocycles. The van der Waals surface area contributed by atoms with Gasteiger partial charge in [-0.15, -0.1) is 0 Å². The molecule has 0 saturated carbocycles. The molecule has 2 N–H and O–H groups in total. The molecule has 0 amide bonds. The van der Waals surface area contributed by atoms with Gasteiger partial charge in [-0.3, -0.25) is 4.72 Å². The van der Waals surface area contributed by atoms with E-state index in [1.165, 1.54) is 0 Å². The fourth-order valence-corrected chi connectivity index (χ4v) is 6.62. The molecule has 0 saturated heterocycles. The third-order valence-electron chi connectivity index (χ3n) is 6.57. The smallest absolute Gasteiger partial charge is 0.261 e. The average Bonchev–Trinajstić information content (AvgIpc) is 3.25. The summed E-state index contributed by atoms with van der Waals surface area (Å²) in [5, 5.41) is 4.84. The molecule has 4 nitrogen and oxygen atoms in total. The van der Waals surface area contributed by atoms with Crippen LogP contribution in [-0.2, 0) is 10.0 Å². The van der Waals surface area contributed by atoms with Gasteiger partial charge in [0.2, 0.25) is 0 Å². The first-order chi connectivity index (χ1) is 15.7. The van der Waals surface area contributed by atoms with Crippen LogP contribution in [0.15, 0.2) is 71.6 Å². The van der Waals surface area contributed by atoms with Crippen molar-refractivity contribution in [2.75, 3.05) is 10.0 Å². The molecule has 170 valence electrons. The lowest BCUT2D eigenvalue weighted by atomic mass is 9.77. The summed E-state index contributed by atoms with van der Waals surface area (Å²) in [6, 6.07) is 16.6. The number of halogens is 2. The van der Waals surface area contributed by atoms with Crippen LogP contribution in [0.2, 0.25) is 10.0 Å². The lowest BCUT2D eigenvalue weighted by Crippen LogP contribution is -2.29. The minimum atomic E-state index is -3.73. The molecule has 0 aromatic heterocycles. The van der Waals surface area contributed by atoms with Gasteiger partial charge in [0.25, 0.3) is 10.0 Å². The van der Waals surface area contributed by atoms with Crippen LogP contribution in [0.5, 0.6) is 0 Å². The van der Waals surface area contributed by atoms with Crippen molar-refractivity contribution in [3.63, 3.8) is 0 Å². The number of sulfonamides is 1. The van der Waals surface area contributed by atoms with Gasteiger partial charge in [0.05, 0.1) is 16.6 Å². The van der Waals surface area contributed by atoms with E-state index in [0.29, 0.717) is 15.7 Å². The Balaban J connectivity index is 1.50. The number of fused-ring (bicyclic) bond motifs is 3. The van der Waals surface area contributed by atoms with E-state index >= 15 is 0 Å². The summed E-state index contributed by atoms with van der Waals surface area (Å²) in [6.45, 7) is 3.88. The van der Waals surface area contributed by atoms with Crippen molar-refractivity contribution in [2.24, 2.45) is 5.92 Å². The van der Waals surface area contributed by atoms with Crippen LogP contribution in [-0.4, -0.2) is 8.42 Å². The van der Waals surface area contributed by atoms with E-state index in [-0.39, 0.29) is 22.8 Å². The molecule has 1 aliphatic carbocycles. The van der Waals surface area contributed by atoms with Gasteiger partial charge in [0.1, 0.15) is 0 Å². The molecule has 0 bridgehead atoms. The molecule has 33 heavy (non-hydrogen) atoms. The highest BCUT2D eigenvalue weighted by Crippen LogP contribution is 2.51. The molecule has 0 spiro atoms. The topological polar surface area (TPSA) is 58.2 Å². The highest BCUT2D eigenvalue weighted by atomic mass is 35.5. The minimum absolute atomic E-state index is 0.0121. The first-order valence-electron chi connectivity index (χ1n) is 10.8. The van der Waals surface area contributed by atoms with Gasteiger partial charge in [-0.25, -0.2) is 8.42 Å². The summed E-state index contributed by atoms with van der Waals surface area (Å²) in [4.78, 5) is 0.255. The number of anilines is 2. The highest BCUT2D eigenvalue weighted by molar-refractivity contribution is 7.92. The molecule has 0 unspecified atom stereocenters. The van der Waals surface area contributed by atoms with Crippen molar-refractivity contribution in [1.29, 1.82) is 0 Å². The summed E-state index contributed by atoms with van der Waals surface area (Å²) in [5.74, 6) is 0.343. The highest BCUT2D eigenvalue weighted by Gasteiger charge is 2.39. The molecule has 2 aliphatic rings. The molecule has 3 aromatic carbocycles. The van der Waals surface area contributed by atoms with Gasteiger partial charge in [-0.2, -0.15) is 0 Å². The van der Waals surface area contributed by atoms with E-state index in [4.69, 9.17) is 23.2 Å². The van der Waals surface area contributed by atoms with Crippen LogP contribution >= 0.6 is 23.2 Å². The van der Waals surface area contributed by atoms with Crippen LogP contribution < -0.4 is 10.0 Å². The number of aryl methyl sites for hydroxylation is 2. The van der Waals surface area contributed by atoms with E-state index in [0.717, 1.165) is 34.4 Å². The van der Waals surface area contributed by atoms with Gasteiger partial charge in [0, 0.05) is 21.7 Å². The monoisotopic (exact) mass is 498 g/mol.